The fraction of sp³-hybridized carbons (Fsp3) is 0. The molecule has 0 saturated carbocycles. The zero-order chi connectivity index (χ0) is 12.5. The van der Waals surface area contributed by atoms with Crippen LogP contribution in [0.3, 0.4) is 0 Å². The summed E-state index contributed by atoms with van der Waals surface area (Å²) in [7, 11) is 0. The Bertz CT molecular complexity index is 765. The van der Waals surface area contributed by atoms with Crippen LogP contribution in [0.25, 0.3) is 16.9 Å². The number of fused-ring (bicyclic) bond motifs is 1. The number of H-pyrrole nitrogens is 1. The number of rotatable bonds is 1. The summed E-state index contributed by atoms with van der Waals surface area (Å²) in [6.45, 7) is 0. The van der Waals surface area contributed by atoms with Crippen molar-refractivity contribution in [3.8, 4) is 11.4 Å². The van der Waals surface area contributed by atoms with Crippen LogP contribution in [0.4, 0.5) is 0 Å². The molecule has 18 heavy (non-hydrogen) atoms. The van der Waals surface area contributed by atoms with Gasteiger partial charge in [0.25, 0.3) is 0 Å². The van der Waals surface area contributed by atoms with Gasteiger partial charge in [0.05, 0.1) is 0 Å². The Labute approximate surface area is 111 Å². The Morgan fingerprint density at radius 2 is 1.89 bits per heavy atom. The Morgan fingerprint density at radius 3 is 2.67 bits per heavy atom. The summed E-state index contributed by atoms with van der Waals surface area (Å²) >= 11 is 3.37. The van der Waals surface area contributed by atoms with Crippen molar-refractivity contribution in [3.63, 3.8) is 0 Å². The lowest BCUT2D eigenvalue weighted by molar-refractivity contribution is -0.581. The highest BCUT2D eigenvalue weighted by Crippen LogP contribution is 2.16. The minimum absolute atomic E-state index is 0.150. The SMILES string of the molecule is O=c1[nH]c(-c2ccc(Br)cc2)n[n+]2ccccc12. The molecule has 2 aromatic heterocycles. The Hall–Kier alpha value is -2.01. The lowest BCUT2D eigenvalue weighted by Gasteiger charge is -1.98. The molecular weight excluding hydrogens is 294 g/mol. The number of benzene rings is 1. The molecule has 0 unspecified atom stereocenters. The number of nitrogens with zero attached hydrogens (tertiary/aromatic N) is 2. The van der Waals surface area contributed by atoms with Gasteiger partial charge < -0.3 is 0 Å². The largest absolute Gasteiger partial charge is 0.324 e. The van der Waals surface area contributed by atoms with Crippen LogP contribution in [0.15, 0.2) is 57.9 Å². The van der Waals surface area contributed by atoms with Crippen molar-refractivity contribution in [2.75, 3.05) is 0 Å². The van der Waals surface area contributed by atoms with Gasteiger partial charge in [0, 0.05) is 27.3 Å². The van der Waals surface area contributed by atoms with Gasteiger partial charge >= 0.3 is 11.1 Å². The summed E-state index contributed by atoms with van der Waals surface area (Å²) in [6, 6.07) is 13.0. The highest BCUT2D eigenvalue weighted by atomic mass is 79.9. The van der Waals surface area contributed by atoms with Crippen molar-refractivity contribution in [2.45, 2.75) is 0 Å². The number of pyridine rings is 1. The van der Waals surface area contributed by atoms with Crippen molar-refractivity contribution in [2.24, 2.45) is 0 Å². The van der Waals surface area contributed by atoms with Crippen molar-refractivity contribution in [1.29, 1.82) is 0 Å². The van der Waals surface area contributed by atoms with E-state index in [0.717, 1.165) is 10.0 Å². The highest BCUT2D eigenvalue weighted by Gasteiger charge is 2.11. The van der Waals surface area contributed by atoms with E-state index in [9.17, 15) is 4.79 Å². The maximum absolute atomic E-state index is 11.9. The van der Waals surface area contributed by atoms with Gasteiger partial charge in [-0.25, -0.2) is 0 Å². The van der Waals surface area contributed by atoms with Gasteiger partial charge in [0.15, 0.2) is 0 Å². The summed E-state index contributed by atoms with van der Waals surface area (Å²) in [5, 5.41) is 4.38. The fourth-order valence-corrected chi connectivity index (χ4v) is 2.01. The van der Waals surface area contributed by atoms with Crippen LogP contribution in [0.2, 0.25) is 0 Å². The molecule has 0 radical (unpaired) electrons. The molecule has 4 nitrogen and oxygen atoms in total. The molecule has 88 valence electrons. The van der Waals surface area contributed by atoms with E-state index in [1.807, 2.05) is 36.4 Å². The lowest BCUT2D eigenvalue weighted by atomic mass is 10.2. The standard InChI is InChI=1S/C13H8BrN3O/c14-10-6-4-9(5-7-10)12-15-13(18)11-3-1-2-8-17(11)16-12/h1-8H/p+1. The number of halogens is 1. The van der Waals surface area contributed by atoms with Crippen LogP contribution in [0.1, 0.15) is 0 Å². The quantitative estimate of drug-likeness (QED) is 0.698. The molecular formula is C13H9BrN3O+. The van der Waals surface area contributed by atoms with Gasteiger partial charge in [-0.1, -0.05) is 15.9 Å². The highest BCUT2D eigenvalue weighted by molar-refractivity contribution is 9.10. The predicted octanol–water partition coefficient (Wildman–Crippen LogP) is 1.94. The molecule has 0 saturated heterocycles. The number of nitrogens with one attached hydrogen (secondary N) is 1. The Balaban J connectivity index is 2.24. The third-order valence-corrected chi connectivity index (χ3v) is 3.16. The predicted molar refractivity (Wildman–Crippen MR) is 71.2 cm³/mol. The first-order chi connectivity index (χ1) is 8.74. The third-order valence-electron chi connectivity index (χ3n) is 2.63. The van der Waals surface area contributed by atoms with Crippen LogP contribution >= 0.6 is 15.9 Å². The maximum Gasteiger partial charge on any atom is 0.324 e. The zero-order valence-electron chi connectivity index (χ0n) is 9.30. The molecule has 3 rings (SSSR count). The average molecular weight is 303 g/mol. The van der Waals surface area contributed by atoms with E-state index in [0.29, 0.717) is 11.3 Å². The molecule has 0 fully saturated rings. The normalized spacial score (nSPS) is 10.7. The van der Waals surface area contributed by atoms with E-state index in [1.165, 1.54) is 0 Å². The molecule has 2 heterocycles. The summed E-state index contributed by atoms with van der Waals surface area (Å²) in [6.07, 6.45) is 1.76. The van der Waals surface area contributed by atoms with Crippen LogP contribution in [-0.4, -0.2) is 10.1 Å². The monoisotopic (exact) mass is 302 g/mol. The molecule has 0 atom stereocenters. The van der Waals surface area contributed by atoms with E-state index in [-0.39, 0.29) is 5.56 Å². The van der Waals surface area contributed by atoms with Crippen molar-refractivity contribution in [3.05, 3.63) is 63.5 Å². The van der Waals surface area contributed by atoms with Crippen molar-refractivity contribution in [1.82, 2.24) is 10.1 Å². The first kappa shape index (κ1) is 11.1. The Kier molecular flexibility index (Phi) is 2.68. The first-order valence-electron chi connectivity index (χ1n) is 5.41. The summed E-state index contributed by atoms with van der Waals surface area (Å²) in [5.41, 5.74) is 1.25. The Morgan fingerprint density at radius 1 is 1.11 bits per heavy atom. The molecule has 0 bridgehead atoms. The van der Waals surface area contributed by atoms with Crippen molar-refractivity contribution < 1.29 is 4.52 Å². The maximum atomic E-state index is 11.9. The number of aromatic nitrogens is 3. The lowest BCUT2D eigenvalue weighted by Crippen LogP contribution is -2.34. The van der Waals surface area contributed by atoms with E-state index in [1.54, 1.807) is 16.8 Å². The molecule has 1 N–H and O–H groups in total. The molecule has 0 amide bonds. The number of hydrogen-bond donors (Lipinski definition) is 1. The summed E-state index contributed by atoms with van der Waals surface area (Å²) < 4.78 is 2.57. The van der Waals surface area contributed by atoms with E-state index < -0.39 is 0 Å². The second-order valence-electron chi connectivity index (χ2n) is 3.84. The second kappa shape index (κ2) is 4.34. The molecule has 0 aliphatic heterocycles. The van der Waals surface area contributed by atoms with Crippen molar-refractivity contribution >= 4 is 21.4 Å². The van der Waals surface area contributed by atoms with Gasteiger partial charge in [0.2, 0.25) is 12.0 Å². The van der Waals surface area contributed by atoms with Crippen LogP contribution < -0.4 is 10.1 Å². The topological polar surface area (TPSA) is 49.9 Å². The van der Waals surface area contributed by atoms with Gasteiger partial charge in [-0.15, -0.1) is 0 Å². The third kappa shape index (κ3) is 1.93. The number of hydrogen-bond acceptors (Lipinski definition) is 2. The minimum atomic E-state index is -0.150. The van der Waals surface area contributed by atoms with E-state index in [2.05, 4.69) is 26.0 Å². The van der Waals surface area contributed by atoms with E-state index in [4.69, 9.17) is 0 Å². The fourth-order valence-electron chi connectivity index (χ4n) is 1.74. The first-order valence-corrected chi connectivity index (χ1v) is 6.20. The van der Waals surface area contributed by atoms with Gasteiger partial charge in [-0.05, 0) is 34.8 Å². The van der Waals surface area contributed by atoms with Gasteiger partial charge in [0.1, 0.15) is 0 Å². The number of aromatic amines is 1. The van der Waals surface area contributed by atoms with E-state index >= 15 is 0 Å². The average Bonchev–Trinajstić information content (AvgIpc) is 2.39. The molecule has 1 aromatic carbocycles. The smallest absolute Gasteiger partial charge is 0.296 e. The molecule has 0 aliphatic rings. The summed E-state index contributed by atoms with van der Waals surface area (Å²) in [4.78, 5) is 14.7. The molecule has 3 aromatic rings. The van der Waals surface area contributed by atoms with Crippen LogP contribution in [0, 0.1) is 0 Å². The van der Waals surface area contributed by atoms with Crippen LogP contribution in [-0.2, 0) is 0 Å². The minimum Gasteiger partial charge on any atom is -0.296 e. The van der Waals surface area contributed by atoms with Gasteiger partial charge in [-0.2, -0.15) is 0 Å². The molecule has 5 heteroatoms. The second-order valence-corrected chi connectivity index (χ2v) is 4.76. The zero-order valence-corrected chi connectivity index (χ0v) is 10.9. The molecule has 0 spiro atoms. The molecule has 0 aliphatic carbocycles. The summed E-state index contributed by atoms with van der Waals surface area (Å²) in [5.74, 6) is 0.552. The van der Waals surface area contributed by atoms with Crippen LogP contribution in [0.5, 0.6) is 0 Å². The van der Waals surface area contributed by atoms with Gasteiger partial charge in [-0.3, -0.25) is 9.78 Å².